The van der Waals surface area contributed by atoms with Gasteiger partial charge in [-0.1, -0.05) is 30.3 Å². The highest BCUT2D eigenvalue weighted by Gasteiger charge is 2.15. The first kappa shape index (κ1) is 20.8. The normalized spacial score (nSPS) is 11.4. The van der Waals surface area contributed by atoms with Crippen molar-refractivity contribution >= 4 is 24.0 Å². The number of ether oxygens (including phenoxy) is 2. The zero-order valence-corrected chi connectivity index (χ0v) is 15.5. The zero-order valence-electron chi connectivity index (χ0n) is 14.7. The number of halogens is 1. The molecule has 1 unspecified atom stereocenters. The Hall–Kier alpha value is -2.24. The molecule has 3 N–H and O–H groups in total. The molecule has 0 aromatic heterocycles. The summed E-state index contributed by atoms with van der Waals surface area (Å²) < 4.78 is 10.9. The second-order valence-corrected chi connectivity index (χ2v) is 5.80. The molecule has 0 fully saturated rings. The first-order valence-electron chi connectivity index (χ1n) is 7.94. The predicted octanol–water partition coefficient (Wildman–Crippen LogP) is 3.93. The van der Waals surface area contributed by atoms with Crippen molar-refractivity contribution in [2.75, 3.05) is 12.4 Å². The highest BCUT2D eigenvalue weighted by atomic mass is 35.5. The molecule has 5 nitrogen and oxygen atoms in total. The van der Waals surface area contributed by atoms with Gasteiger partial charge in [0.25, 0.3) is 0 Å². The van der Waals surface area contributed by atoms with Crippen LogP contribution in [0.4, 0.5) is 5.69 Å². The standard InChI is InChI=1S/C19H24N2O3.ClH/c1-13(2)24-18-10-9-15(23-3)11-17(18)21-19(22)12-16(20)14-7-5-4-6-8-14;/h4-11,13,16H,12,20H2,1-3H3,(H,21,22);1H. The third-order valence-corrected chi connectivity index (χ3v) is 3.46. The highest BCUT2D eigenvalue weighted by Crippen LogP contribution is 2.30. The number of benzene rings is 2. The fraction of sp³-hybridized carbons (Fsp3) is 0.316. The summed E-state index contributed by atoms with van der Waals surface area (Å²) in [5.74, 6) is 1.08. The molecule has 2 aromatic carbocycles. The van der Waals surface area contributed by atoms with Crippen LogP contribution in [0.25, 0.3) is 0 Å². The maximum Gasteiger partial charge on any atom is 0.226 e. The van der Waals surface area contributed by atoms with E-state index in [0.29, 0.717) is 17.2 Å². The Kier molecular flexibility index (Phi) is 8.25. The molecule has 0 aliphatic heterocycles. The van der Waals surface area contributed by atoms with Gasteiger partial charge in [0.15, 0.2) is 0 Å². The lowest BCUT2D eigenvalue weighted by molar-refractivity contribution is -0.116. The molecule has 2 aromatic rings. The van der Waals surface area contributed by atoms with Gasteiger partial charge in [-0.05, 0) is 31.5 Å². The number of carbonyl (C=O) groups is 1. The van der Waals surface area contributed by atoms with Crippen LogP contribution in [0.3, 0.4) is 0 Å². The number of methoxy groups -OCH3 is 1. The Labute approximate surface area is 154 Å². The number of nitrogens with two attached hydrogens (primary N) is 1. The molecule has 0 saturated carbocycles. The molecule has 0 heterocycles. The maximum absolute atomic E-state index is 12.3. The van der Waals surface area contributed by atoms with Crippen LogP contribution < -0.4 is 20.5 Å². The second kappa shape index (κ2) is 9.91. The summed E-state index contributed by atoms with van der Waals surface area (Å²) in [5.41, 5.74) is 7.61. The molecule has 6 heteroatoms. The van der Waals surface area contributed by atoms with E-state index in [1.165, 1.54) is 0 Å². The number of rotatable bonds is 7. The number of anilines is 1. The molecule has 0 saturated heterocycles. The minimum Gasteiger partial charge on any atom is -0.497 e. The Morgan fingerprint density at radius 1 is 1.16 bits per heavy atom. The van der Waals surface area contributed by atoms with Gasteiger partial charge in [0.2, 0.25) is 5.91 Å². The SMILES string of the molecule is COc1ccc(OC(C)C)c(NC(=O)CC(N)c2ccccc2)c1.Cl. The van der Waals surface area contributed by atoms with Crippen molar-refractivity contribution in [3.05, 3.63) is 54.1 Å². The topological polar surface area (TPSA) is 73.6 Å². The van der Waals surface area contributed by atoms with Crippen LogP contribution in [-0.2, 0) is 4.79 Å². The van der Waals surface area contributed by atoms with E-state index in [0.717, 1.165) is 5.56 Å². The van der Waals surface area contributed by atoms with Crippen molar-refractivity contribution in [1.82, 2.24) is 0 Å². The average Bonchev–Trinajstić information content (AvgIpc) is 2.56. The van der Waals surface area contributed by atoms with Crippen molar-refractivity contribution < 1.29 is 14.3 Å². The lowest BCUT2D eigenvalue weighted by atomic mass is 10.0. The quantitative estimate of drug-likeness (QED) is 0.780. The summed E-state index contributed by atoms with van der Waals surface area (Å²) in [6.45, 7) is 3.86. The van der Waals surface area contributed by atoms with Gasteiger partial charge in [0, 0.05) is 18.5 Å². The fourth-order valence-corrected chi connectivity index (χ4v) is 2.31. The summed E-state index contributed by atoms with van der Waals surface area (Å²) in [4.78, 5) is 12.3. The van der Waals surface area contributed by atoms with Crippen molar-refractivity contribution in [2.24, 2.45) is 5.73 Å². The van der Waals surface area contributed by atoms with Crippen LogP contribution in [0.1, 0.15) is 31.9 Å². The first-order chi connectivity index (χ1) is 11.5. The van der Waals surface area contributed by atoms with Gasteiger partial charge in [-0.3, -0.25) is 4.79 Å². The molecule has 0 aliphatic carbocycles. The van der Waals surface area contributed by atoms with E-state index in [1.807, 2.05) is 44.2 Å². The van der Waals surface area contributed by atoms with Crippen LogP contribution >= 0.6 is 12.4 Å². The van der Waals surface area contributed by atoms with E-state index in [9.17, 15) is 4.79 Å². The van der Waals surface area contributed by atoms with E-state index in [-0.39, 0.29) is 36.9 Å². The minimum absolute atomic E-state index is 0. The van der Waals surface area contributed by atoms with Gasteiger partial charge in [0.1, 0.15) is 11.5 Å². The molecule has 25 heavy (non-hydrogen) atoms. The van der Waals surface area contributed by atoms with Gasteiger partial charge >= 0.3 is 0 Å². The van der Waals surface area contributed by atoms with Crippen LogP contribution in [0, 0.1) is 0 Å². The Morgan fingerprint density at radius 3 is 2.44 bits per heavy atom. The summed E-state index contributed by atoms with van der Waals surface area (Å²) in [6.07, 6.45) is 0.183. The maximum atomic E-state index is 12.3. The van der Waals surface area contributed by atoms with Crippen molar-refractivity contribution in [1.29, 1.82) is 0 Å². The van der Waals surface area contributed by atoms with Crippen LogP contribution in [0.5, 0.6) is 11.5 Å². The summed E-state index contributed by atoms with van der Waals surface area (Å²) in [7, 11) is 1.58. The monoisotopic (exact) mass is 364 g/mol. The molecule has 0 bridgehead atoms. The minimum atomic E-state index is -0.355. The summed E-state index contributed by atoms with van der Waals surface area (Å²) >= 11 is 0. The summed E-state index contributed by atoms with van der Waals surface area (Å²) in [6, 6.07) is 14.5. The van der Waals surface area contributed by atoms with Gasteiger partial charge in [0.05, 0.1) is 18.9 Å². The Balaban J connectivity index is 0.00000312. The molecular formula is C19H25ClN2O3. The van der Waals surface area contributed by atoms with Gasteiger partial charge in [-0.25, -0.2) is 0 Å². The number of nitrogens with one attached hydrogen (secondary N) is 1. The van der Waals surface area contributed by atoms with Crippen LogP contribution in [0.2, 0.25) is 0 Å². The Morgan fingerprint density at radius 2 is 1.84 bits per heavy atom. The largest absolute Gasteiger partial charge is 0.497 e. The van der Waals surface area contributed by atoms with E-state index < -0.39 is 0 Å². The molecule has 136 valence electrons. The van der Waals surface area contributed by atoms with Gasteiger partial charge in [-0.15, -0.1) is 12.4 Å². The highest BCUT2D eigenvalue weighted by molar-refractivity contribution is 5.93. The molecule has 1 amide bonds. The molecule has 0 spiro atoms. The van der Waals surface area contributed by atoms with Crippen molar-refractivity contribution in [3.63, 3.8) is 0 Å². The lowest BCUT2D eigenvalue weighted by Gasteiger charge is -2.17. The first-order valence-corrected chi connectivity index (χ1v) is 7.94. The molecule has 0 radical (unpaired) electrons. The van der Waals surface area contributed by atoms with Crippen LogP contribution in [0.15, 0.2) is 48.5 Å². The van der Waals surface area contributed by atoms with Gasteiger partial charge in [-0.2, -0.15) is 0 Å². The van der Waals surface area contributed by atoms with E-state index in [2.05, 4.69) is 5.32 Å². The average molecular weight is 365 g/mol. The lowest BCUT2D eigenvalue weighted by Crippen LogP contribution is -2.21. The molecule has 2 rings (SSSR count). The second-order valence-electron chi connectivity index (χ2n) is 5.80. The van der Waals surface area contributed by atoms with Crippen molar-refractivity contribution in [2.45, 2.75) is 32.4 Å². The third-order valence-electron chi connectivity index (χ3n) is 3.46. The molecular weight excluding hydrogens is 340 g/mol. The number of hydrogen-bond acceptors (Lipinski definition) is 4. The van der Waals surface area contributed by atoms with E-state index in [4.69, 9.17) is 15.2 Å². The smallest absolute Gasteiger partial charge is 0.226 e. The van der Waals surface area contributed by atoms with Gasteiger partial charge < -0.3 is 20.5 Å². The zero-order chi connectivity index (χ0) is 17.5. The molecule has 1 atom stereocenters. The van der Waals surface area contributed by atoms with Crippen LogP contribution in [-0.4, -0.2) is 19.1 Å². The third kappa shape index (κ3) is 6.29. The Bertz CT molecular complexity index is 678. The summed E-state index contributed by atoms with van der Waals surface area (Å²) in [5, 5.41) is 2.87. The number of amides is 1. The fourth-order valence-electron chi connectivity index (χ4n) is 2.31. The number of hydrogen-bond donors (Lipinski definition) is 2. The molecule has 0 aliphatic rings. The number of carbonyl (C=O) groups excluding carboxylic acids is 1. The van der Waals surface area contributed by atoms with Crippen molar-refractivity contribution in [3.8, 4) is 11.5 Å². The predicted molar refractivity (Wildman–Crippen MR) is 103 cm³/mol. The van der Waals surface area contributed by atoms with E-state index >= 15 is 0 Å². The van der Waals surface area contributed by atoms with E-state index in [1.54, 1.807) is 25.3 Å².